The van der Waals surface area contributed by atoms with Crippen LogP contribution in [0.4, 0.5) is 11.5 Å². The number of H-pyrrole nitrogens is 1. The first-order chi connectivity index (χ1) is 12.2. The predicted molar refractivity (Wildman–Crippen MR) is 98.2 cm³/mol. The second kappa shape index (κ2) is 8.30. The third-order valence-corrected chi connectivity index (χ3v) is 3.86. The van der Waals surface area contributed by atoms with Gasteiger partial charge in [-0.3, -0.25) is 4.79 Å². The molecule has 0 saturated heterocycles. The lowest BCUT2D eigenvalue weighted by Gasteiger charge is -2.06. The van der Waals surface area contributed by atoms with Crippen LogP contribution in [0.15, 0.2) is 54.6 Å². The van der Waals surface area contributed by atoms with Gasteiger partial charge in [0.25, 0.3) is 5.91 Å². The minimum atomic E-state index is -0.272. The molecule has 0 aliphatic carbocycles. The van der Waals surface area contributed by atoms with E-state index < -0.39 is 0 Å². The van der Waals surface area contributed by atoms with E-state index in [1.165, 1.54) is 5.56 Å². The van der Waals surface area contributed by atoms with E-state index in [0.29, 0.717) is 17.4 Å². The first-order valence-electron chi connectivity index (χ1n) is 7.98. The van der Waals surface area contributed by atoms with Gasteiger partial charge in [0.1, 0.15) is 0 Å². The molecule has 3 rings (SSSR count). The predicted octanol–water partition coefficient (Wildman–Crippen LogP) is 3.56. The highest BCUT2D eigenvalue weighted by Crippen LogP contribution is 2.20. The van der Waals surface area contributed by atoms with Crippen LogP contribution in [0.1, 0.15) is 22.5 Å². The van der Waals surface area contributed by atoms with E-state index in [1.807, 2.05) is 30.3 Å². The van der Waals surface area contributed by atoms with Crippen LogP contribution in [-0.4, -0.2) is 27.9 Å². The Bertz CT molecular complexity index is 834. The van der Waals surface area contributed by atoms with Crippen molar-refractivity contribution in [2.24, 2.45) is 0 Å². The Kier molecular flexibility index (Phi) is 5.64. The zero-order valence-corrected chi connectivity index (χ0v) is 14.3. The Hall–Kier alpha value is -2.86. The fourth-order valence-electron chi connectivity index (χ4n) is 2.40. The molecule has 1 aromatic heterocycles. The molecule has 128 valence electrons. The molecule has 0 spiro atoms. The molecule has 0 aliphatic rings. The molecule has 1 amide bonds. The number of aromatic amines is 1. The highest BCUT2D eigenvalue weighted by atomic mass is 35.5. The normalized spacial score (nSPS) is 10.4. The van der Waals surface area contributed by atoms with Crippen LogP contribution in [0, 0.1) is 0 Å². The molecule has 7 heteroatoms. The van der Waals surface area contributed by atoms with E-state index in [0.717, 1.165) is 18.5 Å². The zero-order valence-electron chi connectivity index (χ0n) is 13.5. The molecular formula is C18H18ClN5O. The summed E-state index contributed by atoms with van der Waals surface area (Å²) in [6, 6.07) is 17.3. The van der Waals surface area contributed by atoms with Gasteiger partial charge < -0.3 is 10.6 Å². The smallest absolute Gasteiger partial charge is 0.275 e. The molecule has 0 atom stereocenters. The van der Waals surface area contributed by atoms with Gasteiger partial charge in [-0.25, -0.2) is 0 Å². The Morgan fingerprint density at radius 2 is 1.92 bits per heavy atom. The Balaban J connectivity index is 1.53. The number of nitrogens with one attached hydrogen (secondary N) is 3. The van der Waals surface area contributed by atoms with Gasteiger partial charge >= 0.3 is 0 Å². The van der Waals surface area contributed by atoms with E-state index in [2.05, 4.69) is 38.2 Å². The van der Waals surface area contributed by atoms with Gasteiger partial charge in [-0.1, -0.05) is 48.0 Å². The van der Waals surface area contributed by atoms with Crippen molar-refractivity contribution in [1.82, 2.24) is 20.7 Å². The van der Waals surface area contributed by atoms with Gasteiger partial charge in [-0.2, -0.15) is 5.21 Å². The maximum atomic E-state index is 12.3. The summed E-state index contributed by atoms with van der Waals surface area (Å²) in [6.45, 7) is 0.567. The van der Waals surface area contributed by atoms with Crippen LogP contribution in [0.2, 0.25) is 5.02 Å². The molecule has 25 heavy (non-hydrogen) atoms. The van der Waals surface area contributed by atoms with Crippen molar-refractivity contribution < 1.29 is 4.79 Å². The molecule has 3 aromatic rings. The number of nitrogens with zero attached hydrogens (tertiary/aromatic N) is 2. The van der Waals surface area contributed by atoms with Crippen molar-refractivity contribution in [3.63, 3.8) is 0 Å². The Morgan fingerprint density at radius 1 is 1.08 bits per heavy atom. The third-order valence-electron chi connectivity index (χ3n) is 3.62. The maximum absolute atomic E-state index is 12.3. The number of halogens is 1. The summed E-state index contributed by atoms with van der Waals surface area (Å²) < 4.78 is 0. The number of aromatic nitrogens is 3. The van der Waals surface area contributed by atoms with Crippen molar-refractivity contribution in [2.45, 2.75) is 12.8 Å². The quantitative estimate of drug-likeness (QED) is 0.566. The number of aryl methyl sites for hydroxylation is 1. The third kappa shape index (κ3) is 4.81. The summed E-state index contributed by atoms with van der Waals surface area (Å²) in [7, 11) is 0. The number of anilines is 2. The van der Waals surface area contributed by atoms with Crippen molar-refractivity contribution >= 4 is 29.0 Å². The van der Waals surface area contributed by atoms with E-state index in [-0.39, 0.29) is 11.6 Å². The fraction of sp³-hybridized carbons (Fsp3) is 0.167. The molecule has 0 unspecified atom stereocenters. The second-order valence-electron chi connectivity index (χ2n) is 5.50. The van der Waals surface area contributed by atoms with Gasteiger partial charge in [0.2, 0.25) is 0 Å². The first-order valence-corrected chi connectivity index (χ1v) is 8.35. The van der Waals surface area contributed by atoms with Crippen molar-refractivity contribution in [2.75, 3.05) is 11.9 Å². The number of rotatable bonds is 7. The highest BCUT2D eigenvalue weighted by Gasteiger charge is 2.16. The first kappa shape index (κ1) is 17.0. The van der Waals surface area contributed by atoms with Crippen LogP contribution in [0.25, 0.3) is 0 Å². The van der Waals surface area contributed by atoms with Gasteiger partial charge in [0.05, 0.1) is 0 Å². The van der Waals surface area contributed by atoms with Gasteiger partial charge in [-0.05, 0) is 36.6 Å². The minimum absolute atomic E-state index is 0.222. The summed E-state index contributed by atoms with van der Waals surface area (Å²) in [5, 5.41) is 16.9. The van der Waals surface area contributed by atoms with Gasteiger partial charge in [-0.15, -0.1) is 10.2 Å². The minimum Gasteiger partial charge on any atom is -0.351 e. The second-order valence-corrected chi connectivity index (χ2v) is 5.94. The maximum Gasteiger partial charge on any atom is 0.275 e. The van der Waals surface area contributed by atoms with E-state index in [9.17, 15) is 4.79 Å². The molecular weight excluding hydrogens is 338 g/mol. The topological polar surface area (TPSA) is 82.7 Å². The number of carbonyl (C=O) groups is 1. The van der Waals surface area contributed by atoms with E-state index in [1.54, 1.807) is 12.1 Å². The molecule has 0 bridgehead atoms. The highest BCUT2D eigenvalue weighted by molar-refractivity contribution is 6.30. The lowest BCUT2D eigenvalue weighted by Crippen LogP contribution is -2.25. The molecule has 3 N–H and O–H groups in total. The molecule has 0 fully saturated rings. The SMILES string of the molecule is O=C(NCCCc1ccccc1)c1n[nH]nc1Nc1cccc(Cl)c1. The van der Waals surface area contributed by atoms with Gasteiger partial charge in [0.15, 0.2) is 11.5 Å². The molecule has 2 aromatic carbocycles. The fourth-order valence-corrected chi connectivity index (χ4v) is 2.59. The summed E-state index contributed by atoms with van der Waals surface area (Å²) in [5.41, 5.74) is 2.21. The average Bonchev–Trinajstić information content (AvgIpc) is 3.08. The summed E-state index contributed by atoms with van der Waals surface area (Å²) in [5.74, 6) is 0.0918. The molecule has 1 heterocycles. The Labute approximate surface area is 150 Å². The summed E-state index contributed by atoms with van der Waals surface area (Å²) in [4.78, 5) is 12.3. The van der Waals surface area contributed by atoms with Crippen molar-refractivity contribution in [1.29, 1.82) is 0 Å². The van der Waals surface area contributed by atoms with Crippen LogP contribution in [0.5, 0.6) is 0 Å². The Morgan fingerprint density at radius 3 is 2.72 bits per heavy atom. The number of amides is 1. The van der Waals surface area contributed by atoms with E-state index >= 15 is 0 Å². The standard InChI is InChI=1S/C18H18ClN5O/c19-14-9-4-10-15(12-14)21-17-16(22-24-23-17)18(25)20-11-5-8-13-6-2-1-3-7-13/h1-4,6-7,9-10,12H,5,8,11H2,(H,20,25)(H2,21,22,23,24). The number of hydrogen-bond donors (Lipinski definition) is 3. The number of carbonyl (C=O) groups excluding carboxylic acids is 1. The number of hydrogen-bond acceptors (Lipinski definition) is 4. The molecule has 0 radical (unpaired) electrons. The molecule has 0 saturated carbocycles. The lowest BCUT2D eigenvalue weighted by molar-refractivity contribution is 0.0949. The zero-order chi connectivity index (χ0) is 17.5. The average molecular weight is 356 g/mol. The summed E-state index contributed by atoms with van der Waals surface area (Å²) in [6.07, 6.45) is 1.76. The van der Waals surface area contributed by atoms with Crippen molar-refractivity contribution in [3.05, 3.63) is 70.9 Å². The molecule has 0 aliphatic heterocycles. The van der Waals surface area contributed by atoms with Crippen LogP contribution in [0.3, 0.4) is 0 Å². The van der Waals surface area contributed by atoms with E-state index in [4.69, 9.17) is 11.6 Å². The van der Waals surface area contributed by atoms with Crippen LogP contribution >= 0.6 is 11.6 Å². The van der Waals surface area contributed by atoms with Crippen molar-refractivity contribution in [3.8, 4) is 0 Å². The number of benzene rings is 2. The largest absolute Gasteiger partial charge is 0.351 e. The van der Waals surface area contributed by atoms with Gasteiger partial charge in [0, 0.05) is 17.3 Å². The molecule has 6 nitrogen and oxygen atoms in total. The lowest BCUT2D eigenvalue weighted by atomic mass is 10.1. The summed E-state index contributed by atoms with van der Waals surface area (Å²) >= 11 is 5.96. The van der Waals surface area contributed by atoms with Crippen LogP contribution in [-0.2, 0) is 6.42 Å². The van der Waals surface area contributed by atoms with Crippen LogP contribution < -0.4 is 10.6 Å². The monoisotopic (exact) mass is 355 g/mol.